The second kappa shape index (κ2) is 5.18. The van der Waals surface area contributed by atoms with Gasteiger partial charge in [0.05, 0.1) is 12.7 Å². The molecule has 0 unspecified atom stereocenters. The third-order valence-corrected chi connectivity index (χ3v) is 2.36. The summed E-state index contributed by atoms with van der Waals surface area (Å²) in [5.74, 6) is -0.422. The first-order valence-corrected chi connectivity index (χ1v) is 5.29. The summed E-state index contributed by atoms with van der Waals surface area (Å²) in [5.41, 5.74) is 1.88. The van der Waals surface area contributed by atoms with Crippen molar-refractivity contribution in [1.29, 1.82) is 0 Å². The van der Waals surface area contributed by atoms with Gasteiger partial charge in [0.25, 0.3) is 0 Å². The number of rotatable bonds is 4. The molecule has 0 saturated carbocycles. The lowest BCUT2D eigenvalue weighted by atomic mass is 10.2. The fraction of sp³-hybridized carbons (Fsp3) is 0.0769. The highest BCUT2D eigenvalue weighted by Gasteiger charge is 2.02. The Morgan fingerprint density at radius 3 is 2.56 bits per heavy atom. The van der Waals surface area contributed by atoms with E-state index in [0.717, 1.165) is 11.4 Å². The number of hydrogen-bond donors (Lipinski definition) is 2. The minimum atomic E-state index is -0.938. The van der Waals surface area contributed by atoms with Gasteiger partial charge in [0.2, 0.25) is 5.88 Å². The maximum Gasteiger partial charge on any atom is 0.335 e. The Balaban J connectivity index is 2.15. The third-order valence-electron chi connectivity index (χ3n) is 2.36. The van der Waals surface area contributed by atoms with Gasteiger partial charge in [-0.25, -0.2) is 9.78 Å². The van der Waals surface area contributed by atoms with E-state index >= 15 is 0 Å². The van der Waals surface area contributed by atoms with Crippen LogP contribution in [0.3, 0.4) is 0 Å². The maximum atomic E-state index is 10.7. The molecule has 0 fully saturated rings. The van der Waals surface area contributed by atoms with Crippen molar-refractivity contribution in [2.24, 2.45) is 0 Å². The fourth-order valence-corrected chi connectivity index (χ4v) is 1.46. The van der Waals surface area contributed by atoms with E-state index in [1.165, 1.54) is 0 Å². The highest BCUT2D eigenvalue weighted by Crippen LogP contribution is 2.19. The van der Waals surface area contributed by atoms with Crippen molar-refractivity contribution >= 4 is 17.3 Å². The lowest BCUT2D eigenvalue weighted by Gasteiger charge is -2.07. The highest BCUT2D eigenvalue weighted by molar-refractivity contribution is 5.88. The van der Waals surface area contributed by atoms with E-state index in [1.54, 1.807) is 49.7 Å². The van der Waals surface area contributed by atoms with Crippen LogP contribution in [-0.4, -0.2) is 23.2 Å². The van der Waals surface area contributed by atoms with Crippen molar-refractivity contribution in [3.05, 3.63) is 48.2 Å². The number of carboxylic acids is 1. The van der Waals surface area contributed by atoms with Gasteiger partial charge < -0.3 is 15.2 Å². The van der Waals surface area contributed by atoms with Crippen molar-refractivity contribution in [2.75, 3.05) is 12.4 Å². The molecule has 5 nitrogen and oxygen atoms in total. The lowest BCUT2D eigenvalue weighted by Crippen LogP contribution is -1.97. The first kappa shape index (κ1) is 11.9. The number of hydrogen-bond acceptors (Lipinski definition) is 4. The summed E-state index contributed by atoms with van der Waals surface area (Å²) < 4.78 is 5.01. The lowest BCUT2D eigenvalue weighted by molar-refractivity contribution is 0.0697. The number of anilines is 2. The predicted molar refractivity (Wildman–Crippen MR) is 67.5 cm³/mol. The van der Waals surface area contributed by atoms with Crippen molar-refractivity contribution < 1.29 is 14.6 Å². The Morgan fingerprint density at radius 1 is 1.22 bits per heavy atom. The molecule has 0 spiro atoms. The van der Waals surface area contributed by atoms with Gasteiger partial charge in [-0.2, -0.15) is 0 Å². The topological polar surface area (TPSA) is 71.5 Å². The molecule has 0 aliphatic rings. The molecule has 2 aromatic rings. The molecule has 0 bridgehead atoms. The van der Waals surface area contributed by atoms with Gasteiger partial charge in [0.15, 0.2) is 0 Å². The molecule has 2 N–H and O–H groups in total. The van der Waals surface area contributed by atoms with Crippen LogP contribution in [-0.2, 0) is 0 Å². The van der Waals surface area contributed by atoms with Crippen LogP contribution in [0.5, 0.6) is 5.88 Å². The summed E-state index contributed by atoms with van der Waals surface area (Å²) >= 11 is 0. The number of nitrogens with zero attached hydrogens (tertiary/aromatic N) is 1. The van der Waals surface area contributed by atoms with Crippen LogP contribution in [0.2, 0.25) is 0 Å². The molecule has 0 aliphatic carbocycles. The van der Waals surface area contributed by atoms with Crippen LogP contribution in [0.1, 0.15) is 10.4 Å². The van der Waals surface area contributed by atoms with Gasteiger partial charge in [-0.3, -0.25) is 0 Å². The standard InChI is InChI=1S/C13H12N2O3/c1-18-12-8-11(6-7-14-12)15-10-4-2-9(3-5-10)13(16)17/h2-8H,1H3,(H,14,15)(H,16,17). The van der Waals surface area contributed by atoms with Crippen LogP contribution in [0.15, 0.2) is 42.6 Å². The molecular weight excluding hydrogens is 232 g/mol. The summed E-state index contributed by atoms with van der Waals surface area (Å²) in [7, 11) is 1.55. The number of aromatic carboxylic acids is 1. The Kier molecular flexibility index (Phi) is 3.43. The molecular formula is C13H12N2O3. The van der Waals surface area contributed by atoms with Crippen LogP contribution in [0.4, 0.5) is 11.4 Å². The van der Waals surface area contributed by atoms with E-state index in [9.17, 15) is 4.79 Å². The molecule has 92 valence electrons. The largest absolute Gasteiger partial charge is 0.481 e. The smallest absolute Gasteiger partial charge is 0.335 e. The number of pyridine rings is 1. The first-order chi connectivity index (χ1) is 8.69. The normalized spacial score (nSPS) is 9.83. The zero-order valence-corrected chi connectivity index (χ0v) is 9.75. The molecule has 0 radical (unpaired) electrons. The number of carboxylic acid groups (broad SMARTS) is 1. The molecule has 0 saturated heterocycles. The molecule has 5 heteroatoms. The SMILES string of the molecule is COc1cc(Nc2ccc(C(=O)O)cc2)ccn1. The van der Waals surface area contributed by atoms with E-state index in [4.69, 9.17) is 9.84 Å². The van der Waals surface area contributed by atoms with E-state index in [2.05, 4.69) is 10.3 Å². The number of carbonyl (C=O) groups is 1. The zero-order valence-electron chi connectivity index (χ0n) is 9.75. The Morgan fingerprint density at radius 2 is 1.94 bits per heavy atom. The third kappa shape index (κ3) is 2.76. The number of methoxy groups -OCH3 is 1. The second-order valence-corrected chi connectivity index (χ2v) is 3.59. The maximum absolute atomic E-state index is 10.7. The van der Waals surface area contributed by atoms with Gasteiger partial charge in [0.1, 0.15) is 0 Å². The zero-order chi connectivity index (χ0) is 13.0. The van der Waals surface area contributed by atoms with Gasteiger partial charge in [0, 0.05) is 23.6 Å². The molecule has 1 aromatic carbocycles. The van der Waals surface area contributed by atoms with Crippen LogP contribution in [0.25, 0.3) is 0 Å². The van der Waals surface area contributed by atoms with Crippen LogP contribution < -0.4 is 10.1 Å². The number of benzene rings is 1. The summed E-state index contributed by atoms with van der Waals surface area (Å²) in [6, 6.07) is 10.1. The summed E-state index contributed by atoms with van der Waals surface area (Å²) in [4.78, 5) is 14.7. The highest BCUT2D eigenvalue weighted by atomic mass is 16.5. The van der Waals surface area contributed by atoms with Crippen molar-refractivity contribution in [1.82, 2.24) is 4.98 Å². The predicted octanol–water partition coefficient (Wildman–Crippen LogP) is 2.53. The van der Waals surface area contributed by atoms with Crippen molar-refractivity contribution in [3.63, 3.8) is 0 Å². The minimum absolute atomic E-state index is 0.257. The average Bonchev–Trinajstić information content (AvgIpc) is 2.39. The van der Waals surface area contributed by atoms with Gasteiger partial charge >= 0.3 is 5.97 Å². The van der Waals surface area contributed by atoms with E-state index < -0.39 is 5.97 Å². The van der Waals surface area contributed by atoms with Gasteiger partial charge in [-0.15, -0.1) is 0 Å². The average molecular weight is 244 g/mol. The van der Waals surface area contributed by atoms with Crippen molar-refractivity contribution in [3.8, 4) is 5.88 Å². The monoisotopic (exact) mass is 244 g/mol. The Hall–Kier alpha value is -2.56. The molecule has 1 heterocycles. The Labute approximate surface area is 104 Å². The van der Waals surface area contributed by atoms with Crippen LogP contribution in [0, 0.1) is 0 Å². The number of aromatic nitrogens is 1. The second-order valence-electron chi connectivity index (χ2n) is 3.59. The van der Waals surface area contributed by atoms with E-state index in [1.807, 2.05) is 0 Å². The van der Waals surface area contributed by atoms with Crippen LogP contribution >= 0.6 is 0 Å². The molecule has 1 aromatic heterocycles. The molecule has 18 heavy (non-hydrogen) atoms. The number of nitrogens with one attached hydrogen (secondary N) is 1. The molecule has 2 rings (SSSR count). The minimum Gasteiger partial charge on any atom is -0.481 e. The summed E-state index contributed by atoms with van der Waals surface area (Å²) in [5, 5.41) is 11.9. The first-order valence-electron chi connectivity index (χ1n) is 5.29. The number of ether oxygens (including phenoxy) is 1. The van der Waals surface area contributed by atoms with Crippen molar-refractivity contribution in [2.45, 2.75) is 0 Å². The molecule has 0 amide bonds. The summed E-state index contributed by atoms with van der Waals surface area (Å²) in [6.07, 6.45) is 1.63. The van der Waals surface area contributed by atoms with E-state index in [0.29, 0.717) is 5.88 Å². The molecule has 0 aliphatic heterocycles. The summed E-state index contributed by atoms with van der Waals surface area (Å²) in [6.45, 7) is 0. The van der Waals surface area contributed by atoms with Gasteiger partial charge in [-0.1, -0.05) is 0 Å². The van der Waals surface area contributed by atoms with E-state index in [-0.39, 0.29) is 5.56 Å². The molecule has 0 atom stereocenters. The quantitative estimate of drug-likeness (QED) is 0.864. The Bertz CT molecular complexity index is 552. The fourth-order valence-electron chi connectivity index (χ4n) is 1.46. The van der Waals surface area contributed by atoms with Gasteiger partial charge in [-0.05, 0) is 30.3 Å².